The normalized spacial score (nSPS) is 16.7. The predicted octanol–water partition coefficient (Wildman–Crippen LogP) is 1.69. The molecular formula is C18H30N4O. The summed E-state index contributed by atoms with van der Waals surface area (Å²) < 4.78 is 0. The molecule has 0 unspecified atom stereocenters. The van der Waals surface area contributed by atoms with Crippen molar-refractivity contribution in [3.8, 4) is 0 Å². The van der Waals surface area contributed by atoms with Gasteiger partial charge in [0, 0.05) is 25.8 Å². The summed E-state index contributed by atoms with van der Waals surface area (Å²) in [4.78, 5) is 18.3. The predicted molar refractivity (Wildman–Crippen MR) is 93.6 cm³/mol. The average molecular weight is 318 g/mol. The van der Waals surface area contributed by atoms with Gasteiger partial charge in [0.2, 0.25) is 0 Å². The minimum absolute atomic E-state index is 0.127. The van der Waals surface area contributed by atoms with Crippen molar-refractivity contribution in [1.29, 1.82) is 0 Å². The monoisotopic (exact) mass is 318 g/mol. The molecule has 1 amide bonds. The number of amides is 1. The lowest BCUT2D eigenvalue weighted by Crippen LogP contribution is -2.44. The molecule has 1 saturated heterocycles. The molecule has 0 spiro atoms. The molecule has 0 radical (unpaired) electrons. The van der Waals surface area contributed by atoms with Gasteiger partial charge in [0.25, 0.3) is 5.91 Å². The van der Waals surface area contributed by atoms with Gasteiger partial charge in [0.15, 0.2) is 0 Å². The van der Waals surface area contributed by atoms with Crippen molar-refractivity contribution in [2.75, 3.05) is 33.2 Å². The molecule has 1 aromatic rings. The fraction of sp³-hybridized carbons (Fsp3) is 0.667. The third kappa shape index (κ3) is 5.92. The first-order valence-corrected chi connectivity index (χ1v) is 8.71. The van der Waals surface area contributed by atoms with E-state index in [9.17, 15) is 4.79 Å². The molecule has 1 aromatic heterocycles. The van der Waals surface area contributed by atoms with Crippen LogP contribution in [0.5, 0.6) is 0 Å². The highest BCUT2D eigenvalue weighted by molar-refractivity contribution is 5.92. The van der Waals surface area contributed by atoms with Crippen LogP contribution < -0.4 is 10.6 Å². The summed E-state index contributed by atoms with van der Waals surface area (Å²) in [6.07, 6.45) is 5.10. The van der Waals surface area contributed by atoms with E-state index in [1.807, 2.05) is 12.1 Å². The largest absolute Gasteiger partial charge is 0.354 e. The number of piperidine rings is 1. The summed E-state index contributed by atoms with van der Waals surface area (Å²) in [5.74, 6) is 0.623. The second-order valence-electron chi connectivity index (χ2n) is 6.80. The van der Waals surface area contributed by atoms with Gasteiger partial charge in [0.05, 0.1) is 0 Å². The van der Waals surface area contributed by atoms with Crippen molar-refractivity contribution in [1.82, 2.24) is 20.5 Å². The first-order chi connectivity index (χ1) is 11.1. The van der Waals surface area contributed by atoms with Gasteiger partial charge >= 0.3 is 0 Å². The third-order valence-electron chi connectivity index (χ3n) is 4.34. The molecule has 128 valence electrons. The molecule has 0 saturated carbocycles. The second-order valence-corrected chi connectivity index (χ2v) is 6.80. The van der Waals surface area contributed by atoms with E-state index in [1.165, 1.54) is 32.5 Å². The number of carbonyl (C=O) groups excluding carboxylic acids is 1. The summed E-state index contributed by atoms with van der Waals surface area (Å²) in [5.41, 5.74) is 1.65. The van der Waals surface area contributed by atoms with Crippen LogP contribution in [0.25, 0.3) is 0 Å². The number of carbonyl (C=O) groups is 1. The maximum atomic E-state index is 11.6. The highest BCUT2D eigenvalue weighted by Gasteiger charge is 2.18. The molecule has 1 fully saturated rings. The topological polar surface area (TPSA) is 57.3 Å². The molecule has 5 nitrogen and oxygen atoms in total. The molecule has 0 aromatic carbocycles. The van der Waals surface area contributed by atoms with Gasteiger partial charge < -0.3 is 15.5 Å². The molecule has 0 aliphatic carbocycles. The standard InChI is InChI=1S/C18H30N4O/c1-14(2)13-22-10-6-16(7-11-22)20-8-4-15-5-9-21-17(12-15)18(23)19-3/h5,9,12,14,16,20H,4,6-8,10-11,13H2,1-3H3,(H,19,23). The maximum Gasteiger partial charge on any atom is 0.269 e. The second kappa shape index (κ2) is 8.99. The Morgan fingerprint density at radius 1 is 1.39 bits per heavy atom. The van der Waals surface area contributed by atoms with Gasteiger partial charge in [-0.2, -0.15) is 0 Å². The SMILES string of the molecule is CNC(=O)c1cc(CCNC2CCN(CC(C)C)CC2)ccn1. The van der Waals surface area contributed by atoms with Crippen LogP contribution in [-0.4, -0.2) is 55.1 Å². The molecule has 2 rings (SSSR count). The van der Waals surface area contributed by atoms with E-state index >= 15 is 0 Å². The zero-order valence-electron chi connectivity index (χ0n) is 14.6. The van der Waals surface area contributed by atoms with E-state index in [2.05, 4.69) is 34.4 Å². The van der Waals surface area contributed by atoms with Crippen LogP contribution in [-0.2, 0) is 6.42 Å². The van der Waals surface area contributed by atoms with E-state index in [-0.39, 0.29) is 5.91 Å². The molecule has 1 aliphatic rings. The minimum Gasteiger partial charge on any atom is -0.354 e. The number of pyridine rings is 1. The Kier molecular flexibility index (Phi) is 6.99. The molecule has 0 atom stereocenters. The first kappa shape index (κ1) is 17.9. The van der Waals surface area contributed by atoms with Crippen LogP contribution in [0.3, 0.4) is 0 Å². The Morgan fingerprint density at radius 3 is 2.78 bits per heavy atom. The van der Waals surface area contributed by atoms with Crippen molar-refractivity contribution >= 4 is 5.91 Å². The van der Waals surface area contributed by atoms with Gasteiger partial charge in [-0.3, -0.25) is 9.78 Å². The fourth-order valence-corrected chi connectivity index (χ4v) is 3.14. The number of rotatable bonds is 7. The molecular weight excluding hydrogens is 288 g/mol. The fourth-order valence-electron chi connectivity index (χ4n) is 3.14. The average Bonchev–Trinajstić information content (AvgIpc) is 2.55. The van der Waals surface area contributed by atoms with Gasteiger partial charge in [-0.1, -0.05) is 13.8 Å². The molecule has 2 N–H and O–H groups in total. The zero-order chi connectivity index (χ0) is 16.7. The van der Waals surface area contributed by atoms with Crippen LogP contribution in [0.1, 0.15) is 42.7 Å². The summed E-state index contributed by atoms with van der Waals surface area (Å²) in [5, 5.41) is 6.27. The van der Waals surface area contributed by atoms with E-state index in [0.717, 1.165) is 24.4 Å². The van der Waals surface area contributed by atoms with Gasteiger partial charge in [-0.15, -0.1) is 0 Å². The van der Waals surface area contributed by atoms with Crippen LogP contribution in [0.4, 0.5) is 0 Å². The van der Waals surface area contributed by atoms with Crippen molar-refractivity contribution in [3.63, 3.8) is 0 Å². The van der Waals surface area contributed by atoms with Gasteiger partial charge in [-0.25, -0.2) is 0 Å². The first-order valence-electron chi connectivity index (χ1n) is 8.71. The van der Waals surface area contributed by atoms with Crippen LogP contribution >= 0.6 is 0 Å². The number of nitrogens with zero attached hydrogens (tertiary/aromatic N) is 2. The van der Waals surface area contributed by atoms with Gasteiger partial charge in [-0.05, 0) is 62.5 Å². The lowest BCUT2D eigenvalue weighted by Gasteiger charge is -2.33. The molecule has 1 aliphatic heterocycles. The summed E-state index contributed by atoms with van der Waals surface area (Å²) in [6.45, 7) is 9.13. The number of nitrogens with one attached hydrogen (secondary N) is 2. The lowest BCUT2D eigenvalue weighted by molar-refractivity contribution is 0.0958. The minimum atomic E-state index is -0.127. The van der Waals surface area contributed by atoms with E-state index in [4.69, 9.17) is 0 Å². The van der Waals surface area contributed by atoms with Crippen molar-refractivity contribution in [2.45, 2.75) is 39.2 Å². The Hall–Kier alpha value is -1.46. The van der Waals surface area contributed by atoms with E-state index in [0.29, 0.717) is 11.7 Å². The van der Waals surface area contributed by atoms with E-state index in [1.54, 1.807) is 13.2 Å². The highest BCUT2D eigenvalue weighted by atomic mass is 16.1. The Bertz CT molecular complexity index is 496. The maximum absolute atomic E-state index is 11.6. The Balaban J connectivity index is 1.71. The number of hydrogen-bond donors (Lipinski definition) is 2. The van der Waals surface area contributed by atoms with Gasteiger partial charge in [0.1, 0.15) is 5.69 Å². The van der Waals surface area contributed by atoms with Crippen LogP contribution in [0, 0.1) is 5.92 Å². The summed E-state index contributed by atoms with van der Waals surface area (Å²) >= 11 is 0. The van der Waals surface area contributed by atoms with Crippen LogP contribution in [0.15, 0.2) is 18.3 Å². The van der Waals surface area contributed by atoms with Crippen molar-refractivity contribution in [2.24, 2.45) is 5.92 Å². The van der Waals surface area contributed by atoms with Crippen LogP contribution in [0.2, 0.25) is 0 Å². The zero-order valence-corrected chi connectivity index (χ0v) is 14.6. The molecule has 5 heteroatoms. The number of likely N-dealkylation sites (tertiary alicyclic amines) is 1. The van der Waals surface area contributed by atoms with Crippen molar-refractivity contribution < 1.29 is 4.79 Å². The Labute approximate surface area is 139 Å². The molecule has 2 heterocycles. The third-order valence-corrected chi connectivity index (χ3v) is 4.34. The quantitative estimate of drug-likeness (QED) is 0.803. The molecule has 0 bridgehead atoms. The van der Waals surface area contributed by atoms with Crippen molar-refractivity contribution in [3.05, 3.63) is 29.6 Å². The lowest BCUT2D eigenvalue weighted by atomic mass is 10.0. The summed E-state index contributed by atoms with van der Waals surface area (Å²) in [6, 6.07) is 4.49. The Morgan fingerprint density at radius 2 is 2.13 bits per heavy atom. The van der Waals surface area contributed by atoms with E-state index < -0.39 is 0 Å². The number of aromatic nitrogens is 1. The number of hydrogen-bond acceptors (Lipinski definition) is 4. The summed E-state index contributed by atoms with van der Waals surface area (Å²) in [7, 11) is 1.63. The molecule has 23 heavy (non-hydrogen) atoms. The smallest absolute Gasteiger partial charge is 0.269 e. The highest BCUT2D eigenvalue weighted by Crippen LogP contribution is 2.12.